The first-order valence-corrected chi connectivity index (χ1v) is 8.49. The number of aromatic nitrogens is 3. The van der Waals surface area contributed by atoms with Crippen molar-refractivity contribution in [1.29, 1.82) is 0 Å². The Labute approximate surface area is 129 Å². The van der Waals surface area contributed by atoms with Gasteiger partial charge in [-0.15, -0.1) is 10.2 Å². The highest BCUT2D eigenvalue weighted by Gasteiger charge is 2.24. The zero-order valence-electron chi connectivity index (χ0n) is 12.3. The van der Waals surface area contributed by atoms with Crippen LogP contribution < -0.4 is 0 Å². The standard InChI is InChI=1S/C15H21N3O2S/c1-19-10-11-21-15-17-16-14(13-8-5-9-20-13)18(15)12-6-3-2-4-7-12/h5,8-9,12H,2-4,6-7,10-11H2,1H3. The zero-order valence-corrected chi connectivity index (χ0v) is 13.1. The van der Waals surface area contributed by atoms with Gasteiger partial charge in [-0.25, -0.2) is 0 Å². The largest absolute Gasteiger partial charge is 0.461 e. The van der Waals surface area contributed by atoms with E-state index >= 15 is 0 Å². The van der Waals surface area contributed by atoms with E-state index in [1.54, 1.807) is 25.1 Å². The van der Waals surface area contributed by atoms with Crippen LogP contribution in [0.1, 0.15) is 38.1 Å². The third-order valence-corrected chi connectivity index (χ3v) is 4.77. The van der Waals surface area contributed by atoms with Crippen LogP contribution >= 0.6 is 11.8 Å². The second kappa shape index (κ2) is 7.13. The molecule has 1 fully saturated rings. The third kappa shape index (κ3) is 3.32. The summed E-state index contributed by atoms with van der Waals surface area (Å²) in [5, 5.41) is 9.73. The number of methoxy groups -OCH3 is 1. The first kappa shape index (κ1) is 14.7. The lowest BCUT2D eigenvalue weighted by molar-refractivity contribution is 0.218. The maximum atomic E-state index is 5.53. The summed E-state index contributed by atoms with van der Waals surface area (Å²) in [6, 6.07) is 4.33. The van der Waals surface area contributed by atoms with Crippen LogP contribution in [-0.4, -0.2) is 34.2 Å². The van der Waals surface area contributed by atoms with E-state index < -0.39 is 0 Å². The summed E-state index contributed by atoms with van der Waals surface area (Å²) in [6.07, 6.45) is 7.98. The number of ether oxygens (including phenoxy) is 1. The van der Waals surface area contributed by atoms with Crippen LogP contribution in [0.4, 0.5) is 0 Å². The monoisotopic (exact) mass is 307 g/mol. The molecule has 0 unspecified atom stereocenters. The number of thioether (sulfide) groups is 1. The van der Waals surface area contributed by atoms with Gasteiger partial charge >= 0.3 is 0 Å². The molecule has 0 atom stereocenters. The van der Waals surface area contributed by atoms with Crippen molar-refractivity contribution < 1.29 is 9.15 Å². The van der Waals surface area contributed by atoms with Crippen LogP contribution in [0.25, 0.3) is 11.6 Å². The molecule has 1 aliphatic carbocycles. The van der Waals surface area contributed by atoms with Gasteiger partial charge in [-0.05, 0) is 25.0 Å². The topological polar surface area (TPSA) is 53.1 Å². The predicted octanol–water partition coefficient (Wildman–Crippen LogP) is 3.78. The van der Waals surface area contributed by atoms with Crippen molar-refractivity contribution >= 4 is 11.8 Å². The van der Waals surface area contributed by atoms with Crippen molar-refractivity contribution in [3.05, 3.63) is 18.4 Å². The second-order valence-corrected chi connectivity index (χ2v) is 6.35. The molecular weight excluding hydrogens is 286 g/mol. The minimum Gasteiger partial charge on any atom is -0.461 e. The minimum absolute atomic E-state index is 0.485. The van der Waals surface area contributed by atoms with E-state index in [0.717, 1.165) is 29.1 Å². The predicted molar refractivity (Wildman–Crippen MR) is 82.4 cm³/mol. The van der Waals surface area contributed by atoms with E-state index in [9.17, 15) is 0 Å². The van der Waals surface area contributed by atoms with Gasteiger partial charge in [0.05, 0.1) is 12.9 Å². The minimum atomic E-state index is 0.485. The molecule has 1 saturated carbocycles. The summed E-state index contributed by atoms with van der Waals surface area (Å²) in [5.74, 6) is 2.54. The van der Waals surface area contributed by atoms with E-state index in [-0.39, 0.29) is 0 Å². The molecule has 2 heterocycles. The smallest absolute Gasteiger partial charge is 0.200 e. The average molecular weight is 307 g/mol. The molecule has 5 nitrogen and oxygen atoms in total. The van der Waals surface area contributed by atoms with E-state index in [4.69, 9.17) is 9.15 Å². The van der Waals surface area contributed by atoms with Crippen molar-refractivity contribution in [1.82, 2.24) is 14.8 Å². The van der Waals surface area contributed by atoms with Crippen LogP contribution in [0.2, 0.25) is 0 Å². The lowest BCUT2D eigenvalue weighted by Crippen LogP contribution is -2.15. The molecule has 0 amide bonds. The normalized spacial score (nSPS) is 16.4. The molecule has 1 aliphatic rings. The molecule has 6 heteroatoms. The van der Waals surface area contributed by atoms with Crippen molar-refractivity contribution in [2.45, 2.75) is 43.3 Å². The summed E-state index contributed by atoms with van der Waals surface area (Å²) >= 11 is 1.71. The fraction of sp³-hybridized carbons (Fsp3) is 0.600. The summed E-state index contributed by atoms with van der Waals surface area (Å²) < 4.78 is 12.9. The van der Waals surface area contributed by atoms with Gasteiger partial charge in [-0.2, -0.15) is 0 Å². The van der Waals surface area contributed by atoms with Gasteiger partial charge in [0, 0.05) is 18.9 Å². The molecular formula is C15H21N3O2S. The molecule has 0 saturated heterocycles. The molecule has 2 aromatic rings. The maximum Gasteiger partial charge on any atom is 0.200 e. The zero-order chi connectivity index (χ0) is 14.5. The van der Waals surface area contributed by atoms with Gasteiger partial charge in [0.25, 0.3) is 0 Å². The fourth-order valence-corrected chi connectivity index (χ4v) is 3.74. The Morgan fingerprint density at radius 2 is 2.19 bits per heavy atom. The Hall–Kier alpha value is -1.27. The first-order valence-electron chi connectivity index (χ1n) is 7.50. The molecule has 3 rings (SSSR count). The van der Waals surface area contributed by atoms with Crippen LogP contribution in [-0.2, 0) is 4.74 Å². The fourth-order valence-electron chi connectivity index (χ4n) is 2.83. The van der Waals surface area contributed by atoms with E-state index in [2.05, 4.69) is 14.8 Å². The van der Waals surface area contributed by atoms with Crippen LogP contribution in [0.3, 0.4) is 0 Å². The lowest BCUT2D eigenvalue weighted by atomic mass is 9.95. The quantitative estimate of drug-likeness (QED) is 0.600. The Morgan fingerprint density at radius 3 is 2.90 bits per heavy atom. The van der Waals surface area contributed by atoms with E-state index in [1.807, 2.05) is 12.1 Å². The number of nitrogens with zero attached hydrogens (tertiary/aromatic N) is 3. The second-order valence-electron chi connectivity index (χ2n) is 5.29. The maximum absolute atomic E-state index is 5.53. The van der Waals surface area contributed by atoms with Crippen molar-refractivity contribution in [2.24, 2.45) is 0 Å². The van der Waals surface area contributed by atoms with Gasteiger partial charge in [-0.1, -0.05) is 31.0 Å². The lowest BCUT2D eigenvalue weighted by Gasteiger charge is -2.25. The van der Waals surface area contributed by atoms with E-state index in [1.165, 1.54) is 32.1 Å². The van der Waals surface area contributed by atoms with Crippen LogP contribution in [0.15, 0.2) is 28.0 Å². The first-order chi connectivity index (χ1) is 10.4. The highest BCUT2D eigenvalue weighted by Crippen LogP contribution is 2.35. The molecule has 0 spiro atoms. The molecule has 114 valence electrons. The Balaban J connectivity index is 1.89. The summed E-state index contributed by atoms with van der Waals surface area (Å²) in [7, 11) is 1.72. The average Bonchev–Trinajstić information content (AvgIpc) is 3.17. The number of furan rings is 1. The molecule has 2 aromatic heterocycles. The number of rotatable bonds is 6. The van der Waals surface area contributed by atoms with Crippen LogP contribution in [0, 0.1) is 0 Å². The number of hydrogen-bond acceptors (Lipinski definition) is 5. The SMILES string of the molecule is COCCSc1nnc(-c2ccco2)n1C1CCCCC1. The molecule has 0 aliphatic heterocycles. The van der Waals surface area contributed by atoms with Gasteiger partial charge in [0.1, 0.15) is 0 Å². The van der Waals surface area contributed by atoms with Crippen molar-refractivity contribution in [2.75, 3.05) is 19.5 Å². The van der Waals surface area contributed by atoms with Gasteiger partial charge < -0.3 is 9.15 Å². The van der Waals surface area contributed by atoms with Crippen LogP contribution in [0.5, 0.6) is 0 Å². The molecule has 0 bridgehead atoms. The highest BCUT2D eigenvalue weighted by molar-refractivity contribution is 7.99. The highest BCUT2D eigenvalue weighted by atomic mass is 32.2. The summed E-state index contributed by atoms with van der Waals surface area (Å²) in [6.45, 7) is 0.721. The van der Waals surface area contributed by atoms with Crippen molar-refractivity contribution in [3.8, 4) is 11.6 Å². The summed E-state index contributed by atoms with van der Waals surface area (Å²) in [4.78, 5) is 0. The molecule has 21 heavy (non-hydrogen) atoms. The Kier molecular flexibility index (Phi) is 4.98. The molecule has 0 aromatic carbocycles. The van der Waals surface area contributed by atoms with Crippen molar-refractivity contribution in [3.63, 3.8) is 0 Å². The molecule has 0 radical (unpaired) electrons. The van der Waals surface area contributed by atoms with Gasteiger partial charge in [0.2, 0.25) is 5.82 Å². The molecule has 0 N–H and O–H groups in total. The van der Waals surface area contributed by atoms with Gasteiger partial charge in [0.15, 0.2) is 10.9 Å². The number of hydrogen-bond donors (Lipinski definition) is 0. The van der Waals surface area contributed by atoms with Gasteiger partial charge in [-0.3, -0.25) is 4.57 Å². The Bertz CT molecular complexity index is 547. The Morgan fingerprint density at radius 1 is 1.33 bits per heavy atom. The van der Waals surface area contributed by atoms with E-state index in [0.29, 0.717) is 6.04 Å². The third-order valence-electron chi connectivity index (χ3n) is 3.86. The summed E-state index contributed by atoms with van der Waals surface area (Å²) in [5.41, 5.74) is 0.